The number of rotatable bonds is 5. The Morgan fingerprint density at radius 1 is 0.810 bits per heavy atom. The van der Waals surface area contributed by atoms with Crippen LogP contribution >= 0.6 is 46.2 Å². The second kappa shape index (κ2) is 11.5. The maximum atomic E-state index is 10.1. The third-order valence-electron chi connectivity index (χ3n) is 7.86. The summed E-state index contributed by atoms with van der Waals surface area (Å²) >= 11 is 6.91. The van der Waals surface area contributed by atoms with E-state index in [2.05, 4.69) is 80.8 Å². The molecule has 2 N–H and O–H groups in total. The summed E-state index contributed by atoms with van der Waals surface area (Å²) in [5.74, 6) is 0. The monoisotopic (exact) mass is 632 g/mol. The Labute approximate surface area is 262 Å². The lowest BCUT2D eigenvalue weighted by atomic mass is 10.1. The van der Waals surface area contributed by atoms with Crippen LogP contribution in [0.15, 0.2) is 67.0 Å². The van der Waals surface area contributed by atoms with Crippen molar-refractivity contribution in [3.8, 4) is 0 Å². The number of aliphatic imine (C=N–C) groups is 2. The second-order valence-corrected chi connectivity index (χ2v) is 14.6. The fraction of sp³-hybridized carbons (Fsp3) is 0.312. The molecule has 0 amide bonds. The van der Waals surface area contributed by atoms with Gasteiger partial charge in [0.15, 0.2) is 10.3 Å². The minimum atomic E-state index is -0.459. The molecule has 0 bridgehead atoms. The smallest absolute Gasteiger partial charge is 0.168 e. The van der Waals surface area contributed by atoms with Gasteiger partial charge in [-0.2, -0.15) is 0 Å². The first-order chi connectivity index (χ1) is 20.4. The first-order valence-corrected chi connectivity index (χ1v) is 17.5. The molecule has 4 aromatic rings. The normalized spacial score (nSPS) is 18.6. The fourth-order valence-corrected chi connectivity index (χ4v) is 10.1. The van der Waals surface area contributed by atoms with Gasteiger partial charge in [0.25, 0.3) is 0 Å². The lowest BCUT2D eigenvalue weighted by Crippen LogP contribution is -2.20. The minimum absolute atomic E-state index is 0.188. The van der Waals surface area contributed by atoms with Gasteiger partial charge in [-0.15, -0.1) is 22.7 Å². The number of amidine groups is 2. The first kappa shape index (κ1) is 28.2. The summed E-state index contributed by atoms with van der Waals surface area (Å²) in [7, 11) is 0. The Morgan fingerprint density at radius 2 is 1.36 bits per heavy atom. The molecule has 8 rings (SSSR count). The molecule has 0 fully saturated rings. The maximum absolute atomic E-state index is 10.1. The van der Waals surface area contributed by atoms with Crippen molar-refractivity contribution < 1.29 is 10.2 Å². The van der Waals surface area contributed by atoms with Crippen molar-refractivity contribution in [2.24, 2.45) is 9.98 Å². The second-order valence-electron chi connectivity index (χ2n) is 10.7. The molecule has 0 spiro atoms. The number of aliphatic hydroxyl groups excluding tert-OH is 2. The number of thioether (sulfide) groups is 2. The van der Waals surface area contributed by atoms with Gasteiger partial charge in [0.2, 0.25) is 0 Å². The van der Waals surface area contributed by atoms with E-state index in [-0.39, 0.29) is 6.61 Å². The molecule has 2 aromatic carbocycles. The molecule has 1 atom stereocenters. The van der Waals surface area contributed by atoms with Crippen molar-refractivity contribution in [1.29, 1.82) is 0 Å². The van der Waals surface area contributed by atoms with E-state index in [0.717, 1.165) is 47.1 Å². The Morgan fingerprint density at radius 3 is 1.93 bits per heavy atom. The summed E-state index contributed by atoms with van der Waals surface area (Å²) in [6.07, 6.45) is 0.246. The number of hydrogen-bond acceptors (Lipinski definition) is 10. The first-order valence-electron chi connectivity index (χ1n) is 14.2. The SMILES string of the molecule is Cc1csc2cc(C3=C(C(C)O)SC4=NCCN43)ccc12.Cc1csc2cc(C3=C(CCO)SC4=NCCN43)ccc12. The molecular formula is C32H32N4O2S4. The van der Waals surface area contributed by atoms with Gasteiger partial charge < -0.3 is 20.0 Å². The lowest BCUT2D eigenvalue weighted by Gasteiger charge is -2.18. The summed E-state index contributed by atoms with van der Waals surface area (Å²) in [5.41, 5.74) is 7.48. The molecule has 2 aromatic heterocycles. The molecule has 1 unspecified atom stereocenters. The Kier molecular flexibility index (Phi) is 7.70. The van der Waals surface area contributed by atoms with E-state index < -0.39 is 6.10 Å². The van der Waals surface area contributed by atoms with Gasteiger partial charge in [0, 0.05) is 56.5 Å². The molecule has 6 nitrogen and oxygen atoms in total. The van der Waals surface area contributed by atoms with Crippen LogP contribution in [0.25, 0.3) is 31.6 Å². The van der Waals surface area contributed by atoms with E-state index in [1.807, 2.05) is 6.92 Å². The Bertz CT molecular complexity index is 1830. The van der Waals surface area contributed by atoms with Crippen LogP contribution in [0.4, 0.5) is 0 Å². The van der Waals surface area contributed by atoms with E-state index >= 15 is 0 Å². The molecule has 0 saturated heterocycles. The van der Waals surface area contributed by atoms with Crippen LogP contribution in [0.2, 0.25) is 0 Å². The predicted octanol–water partition coefficient (Wildman–Crippen LogP) is 7.36. The van der Waals surface area contributed by atoms with Gasteiger partial charge in [-0.25, -0.2) is 0 Å². The number of benzene rings is 2. The van der Waals surface area contributed by atoms with Crippen LogP contribution in [-0.2, 0) is 0 Å². The van der Waals surface area contributed by atoms with Gasteiger partial charge in [0.05, 0.1) is 30.6 Å². The van der Waals surface area contributed by atoms with Crippen molar-refractivity contribution >= 4 is 88.1 Å². The van der Waals surface area contributed by atoms with Crippen LogP contribution in [-0.4, -0.2) is 69.2 Å². The molecule has 4 aliphatic rings. The fourth-order valence-electron chi connectivity index (χ4n) is 5.82. The number of fused-ring (bicyclic) bond motifs is 4. The number of nitrogens with zero attached hydrogens (tertiary/aromatic N) is 4. The molecular weight excluding hydrogens is 601 g/mol. The van der Waals surface area contributed by atoms with Gasteiger partial charge in [-0.05, 0) is 65.6 Å². The van der Waals surface area contributed by atoms with E-state index in [1.54, 1.807) is 46.2 Å². The van der Waals surface area contributed by atoms with Crippen LogP contribution in [0.5, 0.6) is 0 Å². The van der Waals surface area contributed by atoms with Crippen LogP contribution in [0.3, 0.4) is 0 Å². The standard InChI is InChI=1S/2C16H16N2OS2/c1-9-8-20-13-7-11(3-4-12(9)13)14-15(10(2)19)21-16-17-5-6-18(14)16;1-10-9-20-14-8-11(2-3-12(10)14)15-13(4-7-19)21-16-17-5-6-18(15)16/h3-4,7-8,10,19H,5-6H2,1-2H3;2-3,8-9,19H,4-7H2,1H3. The number of hydrogen-bond donors (Lipinski definition) is 2. The van der Waals surface area contributed by atoms with E-state index in [9.17, 15) is 10.2 Å². The Hall–Kier alpha value is -2.60. The molecule has 6 heterocycles. The average Bonchev–Trinajstić information content (AvgIpc) is 3.81. The molecule has 10 heteroatoms. The molecule has 0 aliphatic carbocycles. The molecule has 216 valence electrons. The third kappa shape index (κ3) is 4.92. The highest BCUT2D eigenvalue weighted by molar-refractivity contribution is 8.18. The highest BCUT2D eigenvalue weighted by Crippen LogP contribution is 2.45. The highest BCUT2D eigenvalue weighted by atomic mass is 32.2. The molecule has 0 saturated carbocycles. The van der Waals surface area contributed by atoms with E-state index in [4.69, 9.17) is 0 Å². The van der Waals surface area contributed by atoms with Crippen molar-refractivity contribution in [3.63, 3.8) is 0 Å². The summed E-state index contributed by atoms with van der Waals surface area (Å²) < 4.78 is 2.63. The van der Waals surface area contributed by atoms with Crippen molar-refractivity contribution in [3.05, 3.63) is 79.2 Å². The van der Waals surface area contributed by atoms with Gasteiger partial charge in [0.1, 0.15) is 0 Å². The largest absolute Gasteiger partial charge is 0.396 e. The minimum Gasteiger partial charge on any atom is -0.396 e. The zero-order valence-corrected chi connectivity index (χ0v) is 27.0. The summed E-state index contributed by atoms with van der Waals surface area (Å²) in [6, 6.07) is 13.3. The predicted molar refractivity (Wildman–Crippen MR) is 184 cm³/mol. The topological polar surface area (TPSA) is 71.7 Å². The van der Waals surface area contributed by atoms with Crippen molar-refractivity contribution in [2.75, 3.05) is 32.8 Å². The summed E-state index contributed by atoms with van der Waals surface area (Å²) in [6.45, 7) is 9.91. The van der Waals surface area contributed by atoms with Crippen molar-refractivity contribution in [2.45, 2.75) is 33.3 Å². The lowest BCUT2D eigenvalue weighted by molar-refractivity contribution is 0.240. The van der Waals surface area contributed by atoms with Gasteiger partial charge >= 0.3 is 0 Å². The van der Waals surface area contributed by atoms with Gasteiger partial charge in [-0.3, -0.25) is 9.98 Å². The van der Waals surface area contributed by atoms with E-state index in [0.29, 0.717) is 6.42 Å². The molecule has 4 aliphatic heterocycles. The third-order valence-corrected chi connectivity index (χ3v) is 12.4. The van der Waals surface area contributed by atoms with Crippen molar-refractivity contribution in [1.82, 2.24) is 9.80 Å². The highest BCUT2D eigenvalue weighted by Gasteiger charge is 2.35. The van der Waals surface area contributed by atoms with Gasteiger partial charge in [-0.1, -0.05) is 47.8 Å². The quantitative estimate of drug-likeness (QED) is 0.240. The average molecular weight is 633 g/mol. The molecule has 42 heavy (non-hydrogen) atoms. The number of aliphatic hydroxyl groups is 2. The maximum Gasteiger partial charge on any atom is 0.168 e. The van der Waals surface area contributed by atoms with Crippen LogP contribution < -0.4 is 0 Å². The summed E-state index contributed by atoms with van der Waals surface area (Å²) in [5, 5.41) is 28.6. The zero-order chi connectivity index (χ0) is 29.0. The molecule has 0 radical (unpaired) electrons. The van der Waals surface area contributed by atoms with Crippen LogP contribution in [0, 0.1) is 13.8 Å². The number of aryl methyl sites for hydroxylation is 2. The Balaban J connectivity index is 0.000000137. The van der Waals surface area contributed by atoms with Crippen LogP contribution in [0.1, 0.15) is 35.6 Å². The van der Waals surface area contributed by atoms with E-state index in [1.165, 1.54) is 53.0 Å². The number of thiophene rings is 2. The zero-order valence-electron chi connectivity index (χ0n) is 23.8. The summed E-state index contributed by atoms with van der Waals surface area (Å²) in [4.78, 5) is 15.9.